The van der Waals surface area contributed by atoms with Gasteiger partial charge in [0.25, 0.3) is 0 Å². The molecule has 6 nitrogen and oxygen atoms in total. The van der Waals surface area contributed by atoms with E-state index in [1.54, 1.807) is 18.3 Å². The fraction of sp³-hybridized carbons (Fsp3) is 0.227. The van der Waals surface area contributed by atoms with Crippen LogP contribution >= 0.6 is 12.2 Å². The van der Waals surface area contributed by atoms with Gasteiger partial charge in [0.15, 0.2) is 5.11 Å². The lowest BCUT2D eigenvalue weighted by molar-refractivity contribution is -0.116. The number of aryl methyl sites for hydroxylation is 1. The van der Waals surface area contributed by atoms with Gasteiger partial charge in [0.05, 0.1) is 17.8 Å². The maximum atomic E-state index is 13.1. The molecule has 1 aliphatic rings. The first-order chi connectivity index (χ1) is 14.5. The average Bonchev–Trinajstić information content (AvgIpc) is 3.31. The fourth-order valence-electron chi connectivity index (χ4n) is 3.73. The Morgan fingerprint density at radius 2 is 2.00 bits per heavy atom. The number of halogens is 1. The van der Waals surface area contributed by atoms with E-state index in [0.29, 0.717) is 17.3 Å². The van der Waals surface area contributed by atoms with E-state index in [0.717, 1.165) is 11.4 Å². The van der Waals surface area contributed by atoms with Crippen LogP contribution in [-0.2, 0) is 11.8 Å². The van der Waals surface area contributed by atoms with Crippen LogP contribution in [0.15, 0.2) is 67.0 Å². The number of amides is 1. The summed E-state index contributed by atoms with van der Waals surface area (Å²) in [7, 11) is 1.99. The normalized spacial score (nSPS) is 18.3. The second kappa shape index (κ2) is 8.62. The lowest BCUT2D eigenvalue weighted by Gasteiger charge is -2.28. The standard InChI is InChI=1S/C22H22FN5OS/c1-27-13-4-6-18(27)21-20(17-5-2-3-12-24-17)26-22(30)28(21)14-11-19(29)25-16-9-7-15(23)8-10-16/h2-10,12-13,20-21H,11,14H2,1H3,(H,25,29)(H,26,30)/t20-,21+/m1/s1. The number of benzene rings is 1. The number of nitrogens with one attached hydrogen (secondary N) is 2. The second-order valence-corrected chi connectivity index (χ2v) is 7.56. The van der Waals surface area contributed by atoms with Gasteiger partial charge < -0.3 is 20.1 Å². The van der Waals surface area contributed by atoms with Gasteiger partial charge in [0.2, 0.25) is 5.91 Å². The van der Waals surface area contributed by atoms with Crippen molar-refractivity contribution in [1.82, 2.24) is 19.8 Å². The Balaban J connectivity index is 1.52. The molecule has 1 aromatic carbocycles. The van der Waals surface area contributed by atoms with E-state index < -0.39 is 0 Å². The fourth-order valence-corrected chi connectivity index (χ4v) is 4.06. The summed E-state index contributed by atoms with van der Waals surface area (Å²) in [4.78, 5) is 19.0. The van der Waals surface area contributed by atoms with Crippen molar-refractivity contribution in [2.75, 3.05) is 11.9 Å². The number of hydrogen-bond acceptors (Lipinski definition) is 3. The van der Waals surface area contributed by atoms with Crippen LogP contribution in [0.3, 0.4) is 0 Å². The highest BCUT2D eigenvalue weighted by Crippen LogP contribution is 2.38. The molecule has 3 heterocycles. The van der Waals surface area contributed by atoms with E-state index in [1.807, 2.05) is 42.4 Å². The topological polar surface area (TPSA) is 62.2 Å². The van der Waals surface area contributed by atoms with Gasteiger partial charge in [-0.15, -0.1) is 0 Å². The molecular formula is C22H22FN5OS. The first-order valence-corrected chi connectivity index (χ1v) is 10.1. The molecule has 0 radical (unpaired) electrons. The number of carbonyl (C=O) groups excluding carboxylic acids is 1. The number of pyridine rings is 1. The van der Waals surface area contributed by atoms with Gasteiger partial charge in [-0.05, 0) is 60.7 Å². The van der Waals surface area contributed by atoms with Crippen LogP contribution in [0.5, 0.6) is 0 Å². The average molecular weight is 424 g/mol. The lowest BCUT2D eigenvalue weighted by atomic mass is 10.0. The lowest BCUT2D eigenvalue weighted by Crippen LogP contribution is -2.33. The van der Waals surface area contributed by atoms with Crippen LogP contribution in [0, 0.1) is 5.82 Å². The van der Waals surface area contributed by atoms with Crippen LogP contribution in [0.2, 0.25) is 0 Å². The van der Waals surface area contributed by atoms with Crippen LogP contribution < -0.4 is 10.6 Å². The summed E-state index contributed by atoms with van der Waals surface area (Å²) >= 11 is 5.61. The van der Waals surface area contributed by atoms with Crippen molar-refractivity contribution < 1.29 is 9.18 Å². The van der Waals surface area contributed by atoms with Gasteiger partial charge in [-0.2, -0.15) is 0 Å². The molecule has 1 aliphatic heterocycles. The molecule has 8 heteroatoms. The molecule has 154 valence electrons. The molecule has 3 aromatic rings. The van der Waals surface area contributed by atoms with Gasteiger partial charge >= 0.3 is 0 Å². The zero-order valence-corrected chi connectivity index (χ0v) is 17.3. The van der Waals surface area contributed by atoms with E-state index in [1.165, 1.54) is 12.1 Å². The summed E-state index contributed by atoms with van der Waals surface area (Å²) < 4.78 is 15.1. The smallest absolute Gasteiger partial charge is 0.226 e. The molecule has 0 aliphatic carbocycles. The Morgan fingerprint density at radius 3 is 2.67 bits per heavy atom. The summed E-state index contributed by atoms with van der Waals surface area (Å²) in [6.07, 6.45) is 4.00. The number of carbonyl (C=O) groups is 1. The molecule has 1 saturated heterocycles. The van der Waals surface area contributed by atoms with E-state index in [-0.39, 0.29) is 30.2 Å². The molecule has 1 amide bonds. The molecular weight excluding hydrogens is 401 g/mol. The molecule has 0 spiro atoms. The molecule has 0 bridgehead atoms. The van der Waals surface area contributed by atoms with Crippen molar-refractivity contribution in [2.45, 2.75) is 18.5 Å². The van der Waals surface area contributed by atoms with Gasteiger partial charge in [-0.3, -0.25) is 9.78 Å². The maximum absolute atomic E-state index is 13.1. The molecule has 0 unspecified atom stereocenters. The third-order valence-corrected chi connectivity index (χ3v) is 5.54. The summed E-state index contributed by atoms with van der Waals surface area (Å²) in [5, 5.41) is 6.76. The van der Waals surface area contributed by atoms with Crippen molar-refractivity contribution in [3.05, 3.63) is 84.2 Å². The monoisotopic (exact) mass is 423 g/mol. The molecule has 2 aromatic heterocycles. The predicted octanol–water partition coefficient (Wildman–Crippen LogP) is 3.56. The molecule has 0 saturated carbocycles. The first-order valence-electron chi connectivity index (χ1n) is 9.67. The van der Waals surface area contributed by atoms with E-state index in [9.17, 15) is 9.18 Å². The second-order valence-electron chi connectivity index (χ2n) is 7.17. The van der Waals surface area contributed by atoms with Crippen molar-refractivity contribution in [1.29, 1.82) is 0 Å². The highest BCUT2D eigenvalue weighted by Gasteiger charge is 2.40. The number of anilines is 1. The minimum atomic E-state index is -0.340. The number of thiocarbonyl (C=S) groups is 1. The molecule has 4 rings (SSSR count). The Hall–Kier alpha value is -3.26. The largest absolute Gasteiger partial charge is 0.353 e. The van der Waals surface area contributed by atoms with Crippen molar-refractivity contribution in [3.63, 3.8) is 0 Å². The highest BCUT2D eigenvalue weighted by atomic mass is 32.1. The quantitative estimate of drug-likeness (QED) is 0.594. The predicted molar refractivity (Wildman–Crippen MR) is 117 cm³/mol. The number of nitrogens with zero attached hydrogens (tertiary/aromatic N) is 3. The van der Waals surface area contributed by atoms with Crippen molar-refractivity contribution in [3.8, 4) is 0 Å². The van der Waals surface area contributed by atoms with Gasteiger partial charge in [-0.25, -0.2) is 4.39 Å². The van der Waals surface area contributed by atoms with Crippen LogP contribution in [0.4, 0.5) is 10.1 Å². The molecule has 2 atom stereocenters. The zero-order chi connectivity index (χ0) is 21.1. The van der Waals surface area contributed by atoms with E-state index >= 15 is 0 Å². The Bertz CT molecular complexity index is 1040. The summed E-state index contributed by atoms with van der Waals surface area (Å²) in [5.41, 5.74) is 2.54. The summed E-state index contributed by atoms with van der Waals surface area (Å²) in [6.45, 7) is 0.443. The number of aromatic nitrogens is 2. The van der Waals surface area contributed by atoms with E-state index in [4.69, 9.17) is 12.2 Å². The van der Waals surface area contributed by atoms with Crippen LogP contribution in [0.25, 0.3) is 0 Å². The van der Waals surface area contributed by atoms with Crippen LogP contribution in [-0.4, -0.2) is 32.0 Å². The molecule has 30 heavy (non-hydrogen) atoms. The maximum Gasteiger partial charge on any atom is 0.226 e. The van der Waals surface area contributed by atoms with Gasteiger partial charge in [0, 0.05) is 43.8 Å². The zero-order valence-electron chi connectivity index (χ0n) is 16.5. The first kappa shape index (κ1) is 20.0. The summed E-state index contributed by atoms with van der Waals surface area (Å²) in [6, 6.07) is 15.4. The number of rotatable bonds is 6. The summed E-state index contributed by atoms with van der Waals surface area (Å²) in [5.74, 6) is -0.496. The molecule has 2 N–H and O–H groups in total. The van der Waals surface area contributed by atoms with Gasteiger partial charge in [0.1, 0.15) is 5.82 Å². The Labute approximate surface area is 179 Å². The van der Waals surface area contributed by atoms with Crippen LogP contribution in [0.1, 0.15) is 29.9 Å². The number of hydrogen-bond donors (Lipinski definition) is 2. The van der Waals surface area contributed by atoms with Crippen molar-refractivity contribution >= 4 is 28.9 Å². The molecule has 1 fully saturated rings. The Morgan fingerprint density at radius 1 is 1.20 bits per heavy atom. The minimum Gasteiger partial charge on any atom is -0.353 e. The third-order valence-electron chi connectivity index (χ3n) is 5.19. The minimum absolute atomic E-state index is 0.0916. The van der Waals surface area contributed by atoms with Gasteiger partial charge in [-0.1, -0.05) is 6.07 Å². The SMILES string of the molecule is Cn1cccc1[C@H]1[C@@H](c2ccccn2)NC(=S)N1CCC(=O)Nc1ccc(F)cc1. The third kappa shape index (κ3) is 4.18. The highest BCUT2D eigenvalue weighted by molar-refractivity contribution is 7.80. The van der Waals surface area contributed by atoms with E-state index in [2.05, 4.69) is 26.3 Å². The van der Waals surface area contributed by atoms with Crippen molar-refractivity contribution in [2.24, 2.45) is 7.05 Å². The Kier molecular flexibility index (Phi) is 5.76.